The summed E-state index contributed by atoms with van der Waals surface area (Å²) in [6.07, 6.45) is 6.00. The van der Waals surface area contributed by atoms with E-state index in [4.69, 9.17) is 20.8 Å². The Labute approximate surface area is 174 Å². The van der Waals surface area contributed by atoms with Gasteiger partial charge in [0, 0.05) is 22.0 Å². The second kappa shape index (κ2) is 6.58. The highest BCUT2D eigenvalue weighted by molar-refractivity contribution is 6.32. The molecular weight excluding hydrogens is 392 g/mol. The third kappa shape index (κ3) is 3.49. The predicted octanol–water partition coefficient (Wildman–Crippen LogP) is 4.52. The van der Waals surface area contributed by atoms with Crippen LogP contribution in [-0.2, 0) is 16.1 Å². The van der Waals surface area contributed by atoms with E-state index < -0.39 is 11.2 Å². The van der Waals surface area contributed by atoms with E-state index in [0.717, 1.165) is 31.2 Å². The van der Waals surface area contributed by atoms with Gasteiger partial charge in [-0.2, -0.15) is 0 Å². The number of hydrogen-bond donors (Lipinski definition) is 1. The van der Waals surface area contributed by atoms with Crippen molar-refractivity contribution in [1.29, 1.82) is 0 Å². The molecule has 5 nitrogen and oxygen atoms in total. The van der Waals surface area contributed by atoms with Crippen molar-refractivity contribution < 1.29 is 19.1 Å². The van der Waals surface area contributed by atoms with Gasteiger partial charge in [-0.15, -0.1) is 0 Å². The largest absolute Gasteiger partial charge is 0.461 e. The van der Waals surface area contributed by atoms with E-state index in [1.54, 1.807) is 12.1 Å². The fourth-order valence-corrected chi connectivity index (χ4v) is 6.76. The minimum absolute atomic E-state index is 0.00747. The Hall–Kier alpha value is -1.85. The van der Waals surface area contributed by atoms with Crippen LogP contribution in [0.1, 0.15) is 56.1 Å². The number of fused-ring (bicyclic) bond motifs is 1. The van der Waals surface area contributed by atoms with Crippen molar-refractivity contribution >= 4 is 28.5 Å². The molecule has 6 heteroatoms. The molecule has 1 heterocycles. The molecule has 4 aliphatic carbocycles. The van der Waals surface area contributed by atoms with Crippen LogP contribution in [0, 0.1) is 24.2 Å². The molecule has 29 heavy (non-hydrogen) atoms. The van der Waals surface area contributed by atoms with E-state index in [1.165, 1.54) is 12.5 Å². The fourth-order valence-electron chi connectivity index (χ4n) is 6.59. The molecule has 6 rings (SSSR count). The van der Waals surface area contributed by atoms with Gasteiger partial charge in [0.2, 0.25) is 0 Å². The van der Waals surface area contributed by atoms with Gasteiger partial charge in [-0.3, -0.25) is 4.79 Å². The summed E-state index contributed by atoms with van der Waals surface area (Å²) in [4.78, 5) is 24.6. The van der Waals surface area contributed by atoms with E-state index in [0.29, 0.717) is 46.2 Å². The van der Waals surface area contributed by atoms with E-state index in [9.17, 15) is 14.7 Å². The zero-order chi connectivity index (χ0) is 20.4. The van der Waals surface area contributed by atoms with Gasteiger partial charge in [0.25, 0.3) is 0 Å². The van der Waals surface area contributed by atoms with Gasteiger partial charge in [0.05, 0.1) is 12.0 Å². The highest BCUT2D eigenvalue weighted by Crippen LogP contribution is 2.62. The van der Waals surface area contributed by atoms with Crippen molar-refractivity contribution in [2.45, 2.75) is 64.1 Å². The van der Waals surface area contributed by atoms with E-state index in [2.05, 4.69) is 0 Å². The lowest BCUT2D eigenvalue weighted by atomic mass is 9.47. The Morgan fingerprint density at radius 2 is 1.97 bits per heavy atom. The normalized spacial score (nSPS) is 32.7. The number of aliphatic hydroxyl groups is 1. The van der Waals surface area contributed by atoms with Gasteiger partial charge >= 0.3 is 11.6 Å². The fraction of sp³-hybridized carbons (Fsp3) is 0.565. The molecule has 4 bridgehead atoms. The zero-order valence-electron chi connectivity index (χ0n) is 16.5. The van der Waals surface area contributed by atoms with Gasteiger partial charge in [0.15, 0.2) is 0 Å². The Morgan fingerprint density at radius 1 is 1.24 bits per heavy atom. The van der Waals surface area contributed by atoms with Gasteiger partial charge in [0.1, 0.15) is 12.2 Å². The first-order valence-electron chi connectivity index (χ1n) is 10.3. The summed E-state index contributed by atoms with van der Waals surface area (Å²) in [5.74, 6) is 0.791. The second-order valence-corrected chi connectivity index (χ2v) is 10.1. The van der Waals surface area contributed by atoms with Crippen LogP contribution in [0.25, 0.3) is 11.0 Å². The quantitative estimate of drug-likeness (QED) is 0.585. The molecule has 1 aromatic carbocycles. The SMILES string of the molecule is Cc1cc2oc(=O)cc(COC(=O)CC34CC5CC(CC(O)(C5)C3)C4)c2cc1Cl. The maximum atomic E-state index is 12.7. The number of ether oxygens (including phenoxy) is 1. The molecule has 4 aliphatic rings. The minimum Gasteiger partial charge on any atom is -0.461 e. The van der Waals surface area contributed by atoms with Crippen molar-refractivity contribution in [3.8, 4) is 0 Å². The lowest BCUT2D eigenvalue weighted by Gasteiger charge is -2.60. The second-order valence-electron chi connectivity index (χ2n) is 9.71. The van der Waals surface area contributed by atoms with Gasteiger partial charge in [-0.1, -0.05) is 11.6 Å². The first-order valence-corrected chi connectivity index (χ1v) is 10.7. The summed E-state index contributed by atoms with van der Waals surface area (Å²) < 4.78 is 10.9. The van der Waals surface area contributed by atoms with Crippen LogP contribution in [0.2, 0.25) is 5.02 Å². The predicted molar refractivity (Wildman–Crippen MR) is 109 cm³/mol. The molecule has 1 aromatic heterocycles. The number of halogens is 1. The molecule has 4 fully saturated rings. The Bertz CT molecular complexity index is 1040. The van der Waals surface area contributed by atoms with Gasteiger partial charge < -0.3 is 14.3 Å². The summed E-state index contributed by atoms with van der Waals surface area (Å²) in [6, 6.07) is 4.82. The molecule has 4 saturated carbocycles. The lowest BCUT2D eigenvalue weighted by molar-refractivity contribution is -0.177. The standard InChI is InChI=1S/C23H25ClO5/c1-13-2-19-17(5-18(13)24)16(4-20(25)29-19)11-28-21(26)10-22-6-14-3-15(7-22)9-23(27,8-14)12-22/h2,4-5,14-15,27H,3,6-12H2,1H3. The third-order valence-corrected chi connectivity index (χ3v) is 7.58. The van der Waals surface area contributed by atoms with Crippen LogP contribution in [-0.4, -0.2) is 16.7 Å². The average Bonchev–Trinajstić information content (AvgIpc) is 2.58. The minimum atomic E-state index is -0.590. The molecule has 0 saturated heterocycles. The van der Waals surface area contributed by atoms with Crippen LogP contribution in [0.15, 0.2) is 27.4 Å². The van der Waals surface area contributed by atoms with Crippen molar-refractivity contribution in [3.05, 3.63) is 44.8 Å². The summed E-state index contributed by atoms with van der Waals surface area (Å²) in [5.41, 5.74) is 0.649. The van der Waals surface area contributed by atoms with Gasteiger partial charge in [-0.05, 0) is 80.4 Å². The molecule has 2 atom stereocenters. The average molecular weight is 417 g/mol. The maximum absolute atomic E-state index is 12.7. The molecule has 2 aromatic rings. The van der Waals surface area contributed by atoms with E-state index in [-0.39, 0.29) is 18.0 Å². The van der Waals surface area contributed by atoms with Crippen molar-refractivity contribution in [2.75, 3.05) is 0 Å². The number of benzene rings is 1. The van der Waals surface area contributed by atoms with Crippen molar-refractivity contribution in [1.82, 2.24) is 0 Å². The molecule has 0 amide bonds. The Kier molecular flexibility index (Phi) is 4.34. The van der Waals surface area contributed by atoms with Crippen LogP contribution in [0.3, 0.4) is 0 Å². The summed E-state index contributed by atoms with van der Waals surface area (Å²) in [5, 5.41) is 12.1. The summed E-state index contributed by atoms with van der Waals surface area (Å²) >= 11 is 6.23. The number of carbonyl (C=O) groups is 1. The van der Waals surface area contributed by atoms with Crippen LogP contribution < -0.4 is 5.63 Å². The number of hydrogen-bond acceptors (Lipinski definition) is 5. The van der Waals surface area contributed by atoms with Crippen molar-refractivity contribution in [3.63, 3.8) is 0 Å². The van der Waals surface area contributed by atoms with Gasteiger partial charge in [-0.25, -0.2) is 4.79 Å². The smallest absolute Gasteiger partial charge is 0.336 e. The highest BCUT2D eigenvalue weighted by Gasteiger charge is 2.57. The van der Waals surface area contributed by atoms with Crippen molar-refractivity contribution in [2.24, 2.45) is 17.3 Å². The van der Waals surface area contributed by atoms with E-state index >= 15 is 0 Å². The van der Waals surface area contributed by atoms with Crippen LogP contribution in [0.4, 0.5) is 0 Å². The Balaban J connectivity index is 1.33. The molecule has 154 valence electrons. The maximum Gasteiger partial charge on any atom is 0.336 e. The Morgan fingerprint density at radius 3 is 2.66 bits per heavy atom. The molecular formula is C23H25ClO5. The summed E-state index contributed by atoms with van der Waals surface area (Å²) in [6.45, 7) is 1.85. The molecule has 2 unspecified atom stereocenters. The third-order valence-electron chi connectivity index (χ3n) is 7.17. The van der Waals surface area contributed by atoms with E-state index in [1.807, 2.05) is 6.92 Å². The highest BCUT2D eigenvalue weighted by atomic mass is 35.5. The number of carbonyl (C=O) groups excluding carboxylic acids is 1. The molecule has 0 aliphatic heterocycles. The molecule has 0 spiro atoms. The number of aryl methyl sites for hydroxylation is 1. The lowest BCUT2D eigenvalue weighted by Crippen LogP contribution is -2.56. The summed E-state index contributed by atoms with van der Waals surface area (Å²) in [7, 11) is 0. The molecule has 0 radical (unpaired) electrons. The number of esters is 1. The zero-order valence-corrected chi connectivity index (χ0v) is 17.3. The first-order chi connectivity index (χ1) is 13.7. The van der Waals surface area contributed by atoms with Crippen LogP contribution >= 0.6 is 11.6 Å². The monoisotopic (exact) mass is 416 g/mol. The first kappa shape index (κ1) is 19.1. The number of rotatable bonds is 4. The molecule has 1 N–H and O–H groups in total. The van der Waals surface area contributed by atoms with Crippen LogP contribution in [0.5, 0.6) is 0 Å². The topological polar surface area (TPSA) is 76.7 Å².